The second-order valence-electron chi connectivity index (χ2n) is 4.86. The molecule has 24 heavy (non-hydrogen) atoms. The number of amides is 1. The van der Waals surface area contributed by atoms with Crippen molar-refractivity contribution >= 4 is 23.1 Å². The molecule has 0 unspecified atom stereocenters. The van der Waals surface area contributed by atoms with Gasteiger partial charge in [0.15, 0.2) is 6.61 Å². The monoisotopic (exact) mass is 336 g/mol. The Balaban J connectivity index is 1.99. The second-order valence-corrected chi connectivity index (χ2v) is 4.86. The first-order valence-electron chi connectivity index (χ1n) is 6.82. The Hall–Kier alpha value is -3.10. The molecule has 3 aromatic rings. The number of ether oxygens (including phenoxy) is 1. The summed E-state index contributed by atoms with van der Waals surface area (Å²) in [7, 11) is 0. The van der Waals surface area contributed by atoms with Crippen LogP contribution < -0.4 is 10.1 Å². The normalized spacial score (nSPS) is 11.5. The highest BCUT2D eigenvalue weighted by Gasteiger charge is 2.28. The van der Waals surface area contributed by atoms with Crippen molar-refractivity contribution in [1.82, 2.24) is 15.0 Å². The van der Waals surface area contributed by atoms with Crippen molar-refractivity contribution in [2.45, 2.75) is 6.18 Å². The molecule has 0 spiro atoms. The molecule has 3 rings (SSSR count). The van der Waals surface area contributed by atoms with Gasteiger partial charge in [0.2, 0.25) is 6.41 Å². The maximum Gasteiger partial charge on any atom is 0.422 e. The molecule has 1 aromatic heterocycles. The number of halogens is 3. The second kappa shape index (κ2) is 6.19. The minimum absolute atomic E-state index is 0.0597. The van der Waals surface area contributed by atoms with Crippen LogP contribution in [0.4, 0.5) is 18.9 Å². The van der Waals surface area contributed by atoms with Crippen molar-refractivity contribution in [3.63, 3.8) is 0 Å². The average molecular weight is 336 g/mol. The first kappa shape index (κ1) is 15.8. The number of nitrogens with zero attached hydrogens (tertiary/aromatic N) is 3. The molecule has 0 radical (unpaired) electrons. The number of anilines is 1. The van der Waals surface area contributed by atoms with Gasteiger partial charge >= 0.3 is 6.18 Å². The predicted molar refractivity (Wildman–Crippen MR) is 80.1 cm³/mol. The number of nitrogens with one attached hydrogen (secondary N) is 1. The van der Waals surface area contributed by atoms with Crippen molar-refractivity contribution < 1.29 is 22.7 Å². The Morgan fingerprint density at radius 3 is 2.38 bits per heavy atom. The van der Waals surface area contributed by atoms with Crippen LogP contribution in [0, 0.1) is 0 Å². The van der Waals surface area contributed by atoms with Gasteiger partial charge < -0.3 is 10.1 Å². The molecule has 0 fully saturated rings. The van der Waals surface area contributed by atoms with Gasteiger partial charge in [-0.3, -0.25) is 4.79 Å². The van der Waals surface area contributed by atoms with E-state index in [0.717, 1.165) is 0 Å². The van der Waals surface area contributed by atoms with Gasteiger partial charge in [0.25, 0.3) is 0 Å². The fourth-order valence-electron chi connectivity index (χ4n) is 2.07. The van der Waals surface area contributed by atoms with E-state index in [1.54, 1.807) is 24.3 Å². The van der Waals surface area contributed by atoms with Crippen molar-refractivity contribution in [2.24, 2.45) is 0 Å². The molecule has 0 saturated heterocycles. The van der Waals surface area contributed by atoms with Crippen molar-refractivity contribution in [3.8, 4) is 11.4 Å². The Morgan fingerprint density at radius 1 is 1.12 bits per heavy atom. The molecule has 124 valence electrons. The van der Waals surface area contributed by atoms with Crippen LogP contribution in [0.25, 0.3) is 16.7 Å². The average Bonchev–Trinajstić information content (AvgIpc) is 2.96. The number of carbonyl (C=O) groups excluding carboxylic acids is 1. The van der Waals surface area contributed by atoms with Crippen LogP contribution >= 0.6 is 0 Å². The molecular weight excluding hydrogens is 325 g/mol. The molecule has 6 nitrogen and oxygen atoms in total. The number of fused-ring (bicyclic) bond motifs is 1. The van der Waals surface area contributed by atoms with E-state index in [-0.39, 0.29) is 11.4 Å². The Bertz CT molecular complexity index is 844. The number of carbonyl (C=O) groups is 1. The van der Waals surface area contributed by atoms with Crippen molar-refractivity contribution in [3.05, 3.63) is 42.5 Å². The molecule has 2 aromatic carbocycles. The molecule has 0 aliphatic carbocycles. The van der Waals surface area contributed by atoms with E-state index in [9.17, 15) is 18.0 Å². The van der Waals surface area contributed by atoms with E-state index in [1.807, 2.05) is 0 Å². The summed E-state index contributed by atoms with van der Waals surface area (Å²) in [6.45, 7) is -1.44. The summed E-state index contributed by atoms with van der Waals surface area (Å²) >= 11 is 0. The topological polar surface area (TPSA) is 69.0 Å². The highest BCUT2D eigenvalue weighted by molar-refractivity contribution is 5.75. The molecule has 0 saturated carbocycles. The molecular formula is C15H11F3N4O2. The molecule has 9 heteroatoms. The summed E-state index contributed by atoms with van der Waals surface area (Å²) in [5, 5.41) is 10.9. The largest absolute Gasteiger partial charge is 0.484 e. The van der Waals surface area contributed by atoms with Gasteiger partial charge in [0.1, 0.15) is 16.8 Å². The van der Waals surface area contributed by atoms with Crippen LogP contribution in [-0.2, 0) is 4.79 Å². The van der Waals surface area contributed by atoms with Gasteiger partial charge in [0, 0.05) is 17.8 Å². The van der Waals surface area contributed by atoms with Crippen LogP contribution in [0.2, 0.25) is 0 Å². The van der Waals surface area contributed by atoms with Gasteiger partial charge in [-0.2, -0.15) is 18.0 Å². The molecule has 1 heterocycles. The maximum absolute atomic E-state index is 12.3. The van der Waals surface area contributed by atoms with Gasteiger partial charge in [-0.1, -0.05) is 12.1 Å². The lowest BCUT2D eigenvalue weighted by Crippen LogP contribution is -2.19. The minimum atomic E-state index is -4.47. The van der Waals surface area contributed by atoms with Gasteiger partial charge in [-0.15, -0.1) is 10.2 Å². The third-order valence-electron chi connectivity index (χ3n) is 3.04. The standard InChI is InChI=1S/C15H11F3N4O2/c16-15(17,18)8-24-12-6-10(19-9-23)5-11(7-12)22-20-13-3-1-2-4-14(13)21-22/h1-7,9H,8H2,(H,19,23). The number of aromatic nitrogens is 3. The highest BCUT2D eigenvalue weighted by Crippen LogP contribution is 2.25. The molecule has 1 amide bonds. The van der Waals surface area contributed by atoms with E-state index in [2.05, 4.69) is 15.5 Å². The summed E-state index contributed by atoms with van der Waals surface area (Å²) in [6.07, 6.45) is -4.05. The first-order valence-corrected chi connectivity index (χ1v) is 6.82. The van der Waals surface area contributed by atoms with E-state index in [4.69, 9.17) is 4.74 Å². The van der Waals surface area contributed by atoms with Crippen LogP contribution in [0.5, 0.6) is 5.75 Å². The van der Waals surface area contributed by atoms with Crippen LogP contribution in [0.15, 0.2) is 42.5 Å². The Labute approximate surface area is 133 Å². The molecule has 0 aliphatic heterocycles. The zero-order valence-corrected chi connectivity index (χ0v) is 12.1. The maximum atomic E-state index is 12.3. The summed E-state index contributed by atoms with van der Waals surface area (Å²) in [4.78, 5) is 11.9. The SMILES string of the molecule is O=CNc1cc(OCC(F)(F)F)cc(-n2nc3ccccc3n2)c1. The van der Waals surface area contributed by atoms with Crippen LogP contribution in [-0.4, -0.2) is 34.2 Å². The Morgan fingerprint density at radius 2 is 1.79 bits per heavy atom. The highest BCUT2D eigenvalue weighted by atomic mass is 19.4. The van der Waals surface area contributed by atoms with E-state index in [0.29, 0.717) is 23.1 Å². The summed E-state index contributed by atoms with van der Waals surface area (Å²) < 4.78 is 41.7. The van der Waals surface area contributed by atoms with Crippen LogP contribution in [0.3, 0.4) is 0 Å². The number of rotatable bonds is 5. The molecule has 0 bridgehead atoms. The van der Waals surface area contributed by atoms with Crippen molar-refractivity contribution in [1.29, 1.82) is 0 Å². The van der Waals surface area contributed by atoms with E-state index < -0.39 is 12.8 Å². The third kappa shape index (κ3) is 3.62. The van der Waals surface area contributed by atoms with Gasteiger partial charge in [-0.25, -0.2) is 0 Å². The van der Waals surface area contributed by atoms with Crippen LogP contribution in [0.1, 0.15) is 0 Å². The fourth-order valence-corrected chi connectivity index (χ4v) is 2.07. The summed E-state index contributed by atoms with van der Waals surface area (Å²) in [6, 6.07) is 11.3. The zero-order valence-electron chi connectivity index (χ0n) is 12.1. The van der Waals surface area contributed by atoms with Crippen molar-refractivity contribution in [2.75, 3.05) is 11.9 Å². The Kier molecular flexibility index (Phi) is 4.07. The smallest absolute Gasteiger partial charge is 0.422 e. The number of benzene rings is 2. The first-order chi connectivity index (χ1) is 11.4. The van der Waals surface area contributed by atoms with Gasteiger partial charge in [-0.05, 0) is 18.2 Å². The minimum Gasteiger partial charge on any atom is -0.484 e. The number of hydrogen-bond acceptors (Lipinski definition) is 4. The summed E-state index contributed by atoms with van der Waals surface area (Å²) in [5.41, 5.74) is 1.88. The third-order valence-corrected chi connectivity index (χ3v) is 3.04. The van der Waals surface area contributed by atoms with Gasteiger partial charge in [0.05, 0.1) is 5.69 Å². The fraction of sp³-hybridized carbons (Fsp3) is 0.133. The zero-order chi connectivity index (χ0) is 17.2. The summed E-state index contributed by atoms with van der Waals surface area (Å²) in [5.74, 6) is -0.0597. The van der Waals surface area contributed by atoms with E-state index in [1.165, 1.54) is 23.0 Å². The molecule has 0 aliphatic rings. The lowest BCUT2D eigenvalue weighted by atomic mass is 10.2. The number of hydrogen-bond donors (Lipinski definition) is 1. The quantitative estimate of drug-likeness (QED) is 0.728. The molecule has 1 N–H and O–H groups in total. The molecule has 0 atom stereocenters. The lowest BCUT2D eigenvalue weighted by molar-refractivity contribution is -0.153. The van der Waals surface area contributed by atoms with E-state index >= 15 is 0 Å². The lowest BCUT2D eigenvalue weighted by Gasteiger charge is -2.12. The number of alkyl halides is 3. The predicted octanol–water partition coefficient (Wildman–Crippen LogP) is 2.93.